The van der Waals surface area contributed by atoms with Crippen LogP contribution in [-0.4, -0.2) is 77.0 Å². The largest absolute Gasteiger partial charge is 0.480 e. The third-order valence-corrected chi connectivity index (χ3v) is 3.56. The van der Waals surface area contributed by atoms with Gasteiger partial charge in [0.25, 0.3) is 0 Å². The van der Waals surface area contributed by atoms with Crippen molar-refractivity contribution >= 4 is 12.0 Å². The number of rotatable bonds is 2. The zero-order valence-corrected chi connectivity index (χ0v) is 10.3. The van der Waals surface area contributed by atoms with Gasteiger partial charge in [0, 0.05) is 33.2 Å². The average molecular weight is 258 g/mol. The van der Waals surface area contributed by atoms with Crippen molar-refractivity contribution in [2.75, 3.05) is 26.7 Å². The van der Waals surface area contributed by atoms with Gasteiger partial charge in [0.2, 0.25) is 0 Å². The lowest BCUT2D eigenvalue weighted by Crippen LogP contribution is -2.47. The predicted molar refractivity (Wildman–Crippen MR) is 61.1 cm³/mol. The van der Waals surface area contributed by atoms with E-state index in [1.54, 1.807) is 12.0 Å². The highest BCUT2D eigenvalue weighted by Gasteiger charge is 2.41. The second kappa shape index (κ2) is 5.11. The number of aliphatic hydroxyl groups excluding tert-OH is 1. The Morgan fingerprint density at radius 1 is 1.33 bits per heavy atom. The molecule has 102 valence electrons. The minimum atomic E-state index is -1.07. The second-order valence-electron chi connectivity index (χ2n) is 4.77. The molecule has 2 aliphatic rings. The average Bonchev–Trinajstić information content (AvgIpc) is 2.94. The molecule has 2 rings (SSSR count). The summed E-state index contributed by atoms with van der Waals surface area (Å²) >= 11 is 0. The summed E-state index contributed by atoms with van der Waals surface area (Å²) < 4.78 is 5.17. The molecule has 7 heteroatoms. The van der Waals surface area contributed by atoms with Gasteiger partial charge in [-0.2, -0.15) is 0 Å². The molecule has 2 N–H and O–H groups in total. The van der Waals surface area contributed by atoms with E-state index in [1.807, 2.05) is 0 Å². The molecule has 2 aliphatic heterocycles. The molecule has 0 aromatic carbocycles. The van der Waals surface area contributed by atoms with Crippen LogP contribution < -0.4 is 0 Å². The number of methoxy groups -OCH3 is 1. The minimum Gasteiger partial charge on any atom is -0.480 e. The zero-order valence-electron chi connectivity index (χ0n) is 10.3. The molecule has 18 heavy (non-hydrogen) atoms. The molecular formula is C11H18N2O5. The molecule has 3 atom stereocenters. The van der Waals surface area contributed by atoms with E-state index in [4.69, 9.17) is 9.84 Å². The summed E-state index contributed by atoms with van der Waals surface area (Å²) in [5, 5.41) is 18.6. The van der Waals surface area contributed by atoms with Crippen LogP contribution in [0.25, 0.3) is 0 Å². The van der Waals surface area contributed by atoms with E-state index >= 15 is 0 Å². The van der Waals surface area contributed by atoms with Crippen molar-refractivity contribution in [2.45, 2.75) is 31.1 Å². The maximum absolute atomic E-state index is 12.2. The Labute approximate surface area is 105 Å². The van der Waals surface area contributed by atoms with Crippen LogP contribution in [0.2, 0.25) is 0 Å². The molecule has 7 nitrogen and oxygen atoms in total. The molecule has 0 aromatic heterocycles. The third kappa shape index (κ3) is 2.41. The quantitative estimate of drug-likeness (QED) is 0.686. The first-order chi connectivity index (χ1) is 8.52. The summed E-state index contributed by atoms with van der Waals surface area (Å²) in [7, 11) is 1.60. The third-order valence-electron chi connectivity index (χ3n) is 3.56. The molecular weight excluding hydrogens is 240 g/mol. The van der Waals surface area contributed by atoms with E-state index in [0.717, 1.165) is 6.42 Å². The normalized spacial score (nSPS) is 32.0. The van der Waals surface area contributed by atoms with Gasteiger partial charge in [-0.15, -0.1) is 0 Å². The van der Waals surface area contributed by atoms with Crippen molar-refractivity contribution in [1.82, 2.24) is 9.80 Å². The number of carboxylic acid groups (broad SMARTS) is 1. The standard InChI is InChI=1S/C11H18N2O5/c1-18-8-2-3-12(6-8)11(17)13-5-7(14)4-9(13)10(15)16/h7-9,14H,2-6H2,1H3,(H,15,16)/t7-,8?,9-/m1/s1. The minimum absolute atomic E-state index is 0.0183. The van der Waals surface area contributed by atoms with Crippen LogP contribution in [-0.2, 0) is 9.53 Å². The number of hydrogen-bond donors (Lipinski definition) is 2. The molecule has 0 aliphatic carbocycles. The first-order valence-corrected chi connectivity index (χ1v) is 6.02. The van der Waals surface area contributed by atoms with Crippen LogP contribution in [0, 0.1) is 0 Å². The molecule has 2 amide bonds. The molecule has 0 aromatic rings. The number of aliphatic carboxylic acids is 1. The molecule has 0 spiro atoms. The first-order valence-electron chi connectivity index (χ1n) is 6.02. The lowest BCUT2D eigenvalue weighted by Gasteiger charge is -2.27. The lowest BCUT2D eigenvalue weighted by molar-refractivity contribution is -0.141. The van der Waals surface area contributed by atoms with Gasteiger partial charge in [0.15, 0.2) is 0 Å². The van der Waals surface area contributed by atoms with E-state index in [-0.39, 0.29) is 25.1 Å². The van der Waals surface area contributed by atoms with Crippen molar-refractivity contribution in [3.05, 3.63) is 0 Å². The maximum Gasteiger partial charge on any atom is 0.326 e. The number of β-amino-alcohol motifs (C(OH)–C–C–N with tert-alkyl or cyclic N) is 1. The molecule has 2 heterocycles. The van der Waals surface area contributed by atoms with E-state index in [2.05, 4.69) is 0 Å². The summed E-state index contributed by atoms with van der Waals surface area (Å²) in [5.41, 5.74) is 0. The summed E-state index contributed by atoms with van der Waals surface area (Å²) in [6, 6.07) is -1.24. The lowest BCUT2D eigenvalue weighted by atomic mass is 10.2. The Morgan fingerprint density at radius 3 is 2.61 bits per heavy atom. The number of likely N-dealkylation sites (tertiary alicyclic amines) is 2. The Bertz CT molecular complexity index is 348. The zero-order chi connectivity index (χ0) is 13.3. The predicted octanol–water partition coefficient (Wildman–Crippen LogP) is -0.653. The molecule has 0 radical (unpaired) electrons. The highest BCUT2D eigenvalue weighted by Crippen LogP contribution is 2.22. The van der Waals surface area contributed by atoms with Crippen LogP contribution >= 0.6 is 0 Å². The number of hydrogen-bond acceptors (Lipinski definition) is 4. The Balaban J connectivity index is 2.02. The van der Waals surface area contributed by atoms with Gasteiger partial charge in [0.05, 0.1) is 12.2 Å². The number of ether oxygens (including phenoxy) is 1. The molecule has 2 saturated heterocycles. The summed E-state index contributed by atoms with van der Waals surface area (Å²) in [4.78, 5) is 26.1. The Hall–Kier alpha value is -1.34. The van der Waals surface area contributed by atoms with Crippen molar-refractivity contribution in [3.63, 3.8) is 0 Å². The number of nitrogens with zero attached hydrogens (tertiary/aromatic N) is 2. The van der Waals surface area contributed by atoms with Gasteiger partial charge in [-0.25, -0.2) is 9.59 Å². The van der Waals surface area contributed by atoms with Gasteiger partial charge in [0.1, 0.15) is 6.04 Å². The monoisotopic (exact) mass is 258 g/mol. The van der Waals surface area contributed by atoms with Crippen LogP contribution in [0.3, 0.4) is 0 Å². The van der Waals surface area contributed by atoms with Crippen LogP contribution in [0.1, 0.15) is 12.8 Å². The molecule has 0 bridgehead atoms. The van der Waals surface area contributed by atoms with Gasteiger partial charge < -0.3 is 24.7 Å². The van der Waals surface area contributed by atoms with Crippen LogP contribution in [0.4, 0.5) is 4.79 Å². The van der Waals surface area contributed by atoms with Gasteiger partial charge >= 0.3 is 12.0 Å². The highest BCUT2D eigenvalue weighted by molar-refractivity contribution is 5.83. The fraction of sp³-hybridized carbons (Fsp3) is 0.818. The van der Waals surface area contributed by atoms with Gasteiger partial charge in [-0.3, -0.25) is 0 Å². The first kappa shape index (κ1) is 13.1. The molecule has 0 saturated carbocycles. The summed E-state index contributed by atoms with van der Waals surface area (Å²) in [6.07, 6.45) is 0.125. The van der Waals surface area contributed by atoms with E-state index in [0.29, 0.717) is 13.1 Å². The maximum atomic E-state index is 12.2. The topological polar surface area (TPSA) is 90.3 Å². The molecule has 1 unspecified atom stereocenters. The number of carbonyl (C=O) groups is 2. The number of urea groups is 1. The summed E-state index contributed by atoms with van der Waals surface area (Å²) in [5.74, 6) is -1.07. The van der Waals surface area contributed by atoms with Crippen molar-refractivity contribution in [2.24, 2.45) is 0 Å². The number of carbonyl (C=O) groups excluding carboxylic acids is 1. The Morgan fingerprint density at radius 2 is 2.06 bits per heavy atom. The van der Waals surface area contributed by atoms with Gasteiger partial charge in [-0.05, 0) is 6.42 Å². The van der Waals surface area contributed by atoms with Crippen LogP contribution in [0.15, 0.2) is 0 Å². The fourth-order valence-corrected chi connectivity index (χ4v) is 2.54. The van der Waals surface area contributed by atoms with E-state index in [9.17, 15) is 14.7 Å². The van der Waals surface area contributed by atoms with E-state index in [1.165, 1.54) is 4.90 Å². The summed E-state index contributed by atoms with van der Waals surface area (Å²) in [6.45, 7) is 1.13. The van der Waals surface area contributed by atoms with Gasteiger partial charge in [-0.1, -0.05) is 0 Å². The van der Waals surface area contributed by atoms with Crippen molar-refractivity contribution in [3.8, 4) is 0 Å². The van der Waals surface area contributed by atoms with Crippen LogP contribution in [0.5, 0.6) is 0 Å². The Kier molecular flexibility index (Phi) is 3.72. The van der Waals surface area contributed by atoms with Crippen molar-refractivity contribution < 1.29 is 24.5 Å². The van der Waals surface area contributed by atoms with Crippen molar-refractivity contribution in [1.29, 1.82) is 0 Å². The van der Waals surface area contributed by atoms with E-state index < -0.39 is 18.1 Å². The number of aliphatic hydroxyl groups is 1. The smallest absolute Gasteiger partial charge is 0.326 e. The second-order valence-corrected chi connectivity index (χ2v) is 4.77. The fourth-order valence-electron chi connectivity index (χ4n) is 2.54. The number of carboxylic acids is 1. The highest BCUT2D eigenvalue weighted by atomic mass is 16.5. The SMILES string of the molecule is COC1CCN(C(=O)N2C[C@H](O)C[C@@H]2C(=O)O)C1. The number of amides is 2. The molecule has 2 fully saturated rings.